The number of methoxy groups -OCH3 is 1. The van der Waals surface area contributed by atoms with Crippen molar-refractivity contribution in [2.45, 2.75) is 19.8 Å². The van der Waals surface area contributed by atoms with Crippen molar-refractivity contribution in [2.24, 2.45) is 0 Å². The van der Waals surface area contributed by atoms with Gasteiger partial charge in [0.05, 0.1) is 50.4 Å². The predicted octanol–water partition coefficient (Wildman–Crippen LogP) is 2.55. The van der Waals surface area contributed by atoms with E-state index in [1.807, 2.05) is 0 Å². The van der Waals surface area contributed by atoms with E-state index in [1.54, 1.807) is 0 Å². The summed E-state index contributed by atoms with van der Waals surface area (Å²) in [6, 6.07) is 3.65. The Kier molecular flexibility index (Phi) is 4.89. The van der Waals surface area contributed by atoms with Gasteiger partial charge in [0.25, 0.3) is 11.8 Å². The number of hydrogen-bond donors (Lipinski definition) is 1. The van der Waals surface area contributed by atoms with Gasteiger partial charge in [-0.15, -0.1) is 0 Å². The molecule has 0 fully saturated rings. The molecule has 3 amide bonds. The number of fused-ring (bicyclic) bond motifs is 1. The zero-order valence-corrected chi connectivity index (χ0v) is 19.2. The topological polar surface area (TPSA) is 119 Å². The molecule has 1 aliphatic rings. The van der Waals surface area contributed by atoms with Crippen LogP contribution in [-0.2, 0) is 14.6 Å². The van der Waals surface area contributed by atoms with Gasteiger partial charge in [0.15, 0.2) is 11.5 Å². The summed E-state index contributed by atoms with van der Waals surface area (Å²) in [5, 5.41) is 2.39. The van der Waals surface area contributed by atoms with Crippen molar-refractivity contribution < 1.29 is 44.6 Å². The third-order valence-corrected chi connectivity index (χ3v) is 5.24. The summed E-state index contributed by atoms with van der Waals surface area (Å²) in [5.41, 5.74) is -1.12. The molecule has 0 radical (unpaired) electrons. The largest absolute Gasteiger partial charge is 0.493 e. The predicted molar refractivity (Wildman–Crippen MR) is 128 cm³/mol. The minimum absolute atomic E-state index is 0. The number of carbonyl (C=O) groups excluding carboxylic acids is 3. The summed E-state index contributed by atoms with van der Waals surface area (Å²) in [7, 11) is -7.30. The molecule has 33 heavy (non-hydrogen) atoms. The van der Waals surface area contributed by atoms with E-state index in [0.29, 0.717) is 4.90 Å². The maximum Gasteiger partial charge on any atom is 0.264 e. The molecule has 0 unspecified atom stereocenters. The quantitative estimate of drug-likeness (QED) is 0.550. The Morgan fingerprint density at radius 1 is 1.24 bits per heavy atom. The number of benzene rings is 2. The van der Waals surface area contributed by atoms with Crippen molar-refractivity contribution in [1.29, 1.82) is 0 Å². The second kappa shape index (κ2) is 10.3. The van der Waals surface area contributed by atoms with Gasteiger partial charge in [-0.2, -0.15) is 13.5 Å². The lowest BCUT2D eigenvalue weighted by Gasteiger charge is -2.27. The van der Waals surface area contributed by atoms with Crippen molar-refractivity contribution in [1.82, 2.24) is 4.90 Å². The van der Waals surface area contributed by atoms with Crippen molar-refractivity contribution in [3.63, 3.8) is 0 Å². The second-order valence-corrected chi connectivity index (χ2v) is 8.98. The summed E-state index contributed by atoms with van der Waals surface area (Å²) >= 11 is 0. The van der Waals surface area contributed by atoms with Crippen LogP contribution < -0.4 is 14.8 Å². The highest BCUT2D eigenvalue weighted by Gasteiger charge is 2.43. The summed E-state index contributed by atoms with van der Waals surface area (Å²) < 4.78 is 104. The molecular weight excluding hydrogens is 468 g/mol. The van der Waals surface area contributed by atoms with E-state index in [0.717, 1.165) is 31.4 Å². The lowest BCUT2D eigenvalue weighted by atomic mass is 10.1. The van der Waals surface area contributed by atoms with E-state index >= 15 is 0 Å². The Morgan fingerprint density at radius 3 is 2.64 bits per heavy atom. The lowest BCUT2D eigenvalue weighted by molar-refractivity contribution is -0.114. The van der Waals surface area contributed by atoms with E-state index in [9.17, 15) is 22.8 Å². The Morgan fingerprint density at radius 2 is 2.00 bits per heavy atom. The highest BCUT2D eigenvalue weighted by atomic mass is 32.2. The molecule has 11 heteroatoms. The number of imide groups is 1. The van der Waals surface area contributed by atoms with E-state index in [-0.39, 0.29) is 30.3 Å². The zero-order valence-electron chi connectivity index (χ0n) is 26.4. The summed E-state index contributed by atoms with van der Waals surface area (Å²) in [4.78, 5) is 39.0. The van der Waals surface area contributed by atoms with Gasteiger partial charge in [-0.1, -0.05) is 12.1 Å². The third-order valence-electron chi connectivity index (χ3n) is 4.44. The molecule has 0 saturated heterocycles. The second-order valence-electron chi connectivity index (χ2n) is 6.84. The monoisotopic (exact) mass is 503 g/mol. The Bertz CT molecular complexity index is 1530. The highest BCUT2D eigenvalue weighted by Crippen LogP contribution is 2.38. The molecule has 1 atom stereocenters. The third kappa shape index (κ3) is 5.48. The van der Waals surface area contributed by atoms with Crippen molar-refractivity contribution >= 4 is 46.7 Å². The van der Waals surface area contributed by atoms with Crippen LogP contribution in [0.15, 0.2) is 36.4 Å². The van der Waals surface area contributed by atoms with Crippen molar-refractivity contribution in [3.05, 3.63) is 53.1 Å². The number of carbonyl (C=O) groups is 3. The maximum atomic E-state index is 13.6. The molecule has 0 spiro atoms. The molecule has 2 aromatic carbocycles. The highest BCUT2D eigenvalue weighted by molar-refractivity contribution is 7.90. The summed E-state index contributed by atoms with van der Waals surface area (Å²) in [6.07, 6.45) is 0.730. The van der Waals surface area contributed by atoms with Crippen LogP contribution in [0.1, 0.15) is 58.4 Å². The molecule has 178 valence electrons. The van der Waals surface area contributed by atoms with Crippen LogP contribution in [-0.4, -0.2) is 56.6 Å². The van der Waals surface area contributed by atoms with Gasteiger partial charge in [0.1, 0.15) is 9.84 Å². The van der Waals surface area contributed by atoms with Gasteiger partial charge in [-0.05, 0) is 36.7 Å². The molecule has 1 heterocycles. The van der Waals surface area contributed by atoms with Crippen LogP contribution in [0, 0.1) is 0 Å². The molecule has 0 saturated carbocycles. The fraction of sp³-hybridized carbons (Fsp3) is 0.318. The molecule has 0 aliphatic carbocycles. The number of amides is 3. The molecule has 2 aromatic rings. The van der Waals surface area contributed by atoms with Crippen molar-refractivity contribution in [3.8, 4) is 11.5 Å². The smallest absolute Gasteiger partial charge is 0.264 e. The van der Waals surface area contributed by atoms with Gasteiger partial charge in [0, 0.05) is 17.3 Å². The molecular formula is C22H26N2O7S2. The number of anilines is 1. The van der Waals surface area contributed by atoms with Gasteiger partial charge in [0.2, 0.25) is 5.91 Å². The Hall–Kier alpha value is -3.05. The first kappa shape index (κ1) is 15.7. The number of ether oxygens (including phenoxy) is 2. The molecule has 1 N–H and O–H groups in total. The van der Waals surface area contributed by atoms with Gasteiger partial charge >= 0.3 is 0 Å². The first-order chi connectivity index (χ1) is 18.5. The van der Waals surface area contributed by atoms with Gasteiger partial charge in [-0.25, -0.2) is 8.42 Å². The van der Waals surface area contributed by atoms with Crippen LogP contribution in [0.2, 0.25) is 0 Å². The number of hydrogen-bond acceptors (Lipinski definition) is 7. The fourth-order valence-electron chi connectivity index (χ4n) is 3.26. The standard InChI is InChI=1S/C22H24N2O7S.H2S/c1-5-31-19-11-14(9-10-18(19)30-3)17(12-32(4,28)29)24-21(26)15-7-6-8-16(23-13(2)25)20(15)22(24)27;/h6-11,17H,5,12H2,1-4H3,(H,23,25);1H2/t17-;/m1./s1/i1D3,3D3,5D2,17D;. The van der Waals surface area contributed by atoms with Crippen LogP contribution >= 0.6 is 13.5 Å². The van der Waals surface area contributed by atoms with Crippen LogP contribution in [0.25, 0.3) is 0 Å². The average molecular weight is 504 g/mol. The number of sulfone groups is 1. The number of rotatable bonds is 8. The normalized spacial score (nSPS) is 19.9. The maximum absolute atomic E-state index is 13.6. The summed E-state index contributed by atoms with van der Waals surface area (Å²) in [5.74, 6) is -5.57. The minimum Gasteiger partial charge on any atom is -0.493 e. The first-order valence-corrected chi connectivity index (χ1v) is 11.0. The lowest BCUT2D eigenvalue weighted by Crippen LogP contribution is -2.37. The van der Waals surface area contributed by atoms with Crippen LogP contribution in [0.5, 0.6) is 11.5 Å². The van der Waals surface area contributed by atoms with E-state index < -0.39 is 76.8 Å². The molecule has 0 aromatic heterocycles. The van der Waals surface area contributed by atoms with E-state index in [1.165, 1.54) is 18.2 Å². The average Bonchev–Trinajstić information content (AvgIpc) is 3.02. The molecule has 3 rings (SSSR count). The van der Waals surface area contributed by atoms with E-state index in [2.05, 4.69) is 5.32 Å². The minimum atomic E-state index is -4.17. The first-order valence-electron chi connectivity index (χ1n) is 13.5. The molecule has 0 bridgehead atoms. The van der Waals surface area contributed by atoms with E-state index in [4.69, 9.17) is 21.8 Å². The van der Waals surface area contributed by atoms with Crippen LogP contribution in [0.3, 0.4) is 0 Å². The molecule has 1 aliphatic heterocycles. The number of nitrogens with zero attached hydrogens (tertiary/aromatic N) is 1. The number of nitrogens with one attached hydrogen (secondary N) is 1. The SMILES string of the molecule is S.[2H]C([2H])([2H])Oc1ccc([C@@]([2H])(CS(C)(=O)=O)N2C(=O)c3cccc(NC(C)=O)c3C2=O)cc1OC([2H])([2H])C([2H])([2H])[2H]. The Labute approximate surface area is 212 Å². The van der Waals surface area contributed by atoms with Gasteiger partial charge < -0.3 is 14.8 Å². The van der Waals surface area contributed by atoms with Crippen molar-refractivity contribution in [2.75, 3.05) is 30.9 Å². The molecule has 9 nitrogen and oxygen atoms in total. The zero-order chi connectivity index (χ0) is 31.3. The summed E-state index contributed by atoms with van der Waals surface area (Å²) in [6.45, 7) is -5.67. The van der Waals surface area contributed by atoms with Crippen LogP contribution in [0.4, 0.5) is 5.69 Å². The Balaban J connectivity index is 0.00000616. The van der Waals surface area contributed by atoms with Gasteiger partial charge in [-0.3, -0.25) is 19.3 Å². The fourth-order valence-corrected chi connectivity index (χ4v) is 4.05.